The molecule has 1 aliphatic heterocycles. The lowest BCUT2D eigenvalue weighted by Gasteiger charge is -2.18. The minimum absolute atomic E-state index is 0.333. The molecule has 29 heavy (non-hydrogen) atoms. The number of nitrogens with two attached hydrogens (primary N) is 1. The van der Waals surface area contributed by atoms with Crippen LogP contribution in [0.3, 0.4) is 0 Å². The first kappa shape index (κ1) is 20.5. The molecular formula is C23H25N3O3. The molecule has 1 aliphatic rings. The third kappa shape index (κ3) is 4.43. The number of hydrogen-bond donors (Lipinski definition) is 2. The predicted molar refractivity (Wildman–Crippen MR) is 113 cm³/mol. The summed E-state index contributed by atoms with van der Waals surface area (Å²) in [6.07, 6.45) is 0. The quantitative estimate of drug-likeness (QED) is 0.695. The van der Waals surface area contributed by atoms with Gasteiger partial charge in [0.15, 0.2) is 5.76 Å². The highest BCUT2D eigenvalue weighted by molar-refractivity contribution is 6.17. The van der Waals surface area contributed by atoms with Crippen molar-refractivity contribution >= 4 is 11.6 Å². The third-order valence-corrected chi connectivity index (χ3v) is 4.63. The van der Waals surface area contributed by atoms with Gasteiger partial charge in [-0.05, 0) is 31.9 Å². The molecule has 1 aromatic heterocycles. The van der Waals surface area contributed by atoms with Gasteiger partial charge in [0.2, 0.25) is 5.91 Å². The fourth-order valence-electron chi connectivity index (χ4n) is 3.30. The summed E-state index contributed by atoms with van der Waals surface area (Å²) in [4.78, 5) is 14.0. The van der Waals surface area contributed by atoms with E-state index in [0.29, 0.717) is 6.54 Å². The number of aromatic nitrogens is 1. The Morgan fingerprint density at radius 1 is 1.10 bits per heavy atom. The minimum atomic E-state index is -0.855. The van der Waals surface area contributed by atoms with Crippen molar-refractivity contribution in [1.29, 1.82) is 0 Å². The number of amides is 1. The van der Waals surface area contributed by atoms with Crippen LogP contribution in [0.1, 0.15) is 48.9 Å². The largest absolute Gasteiger partial charge is 0.386 e. The molecule has 0 saturated carbocycles. The molecule has 2 aromatic carbocycles. The van der Waals surface area contributed by atoms with Gasteiger partial charge >= 0.3 is 0 Å². The van der Waals surface area contributed by atoms with E-state index in [1.807, 2.05) is 43.3 Å². The summed E-state index contributed by atoms with van der Waals surface area (Å²) >= 11 is 0. The molecule has 0 aliphatic carbocycles. The molecule has 2 heterocycles. The summed E-state index contributed by atoms with van der Waals surface area (Å²) in [7, 11) is 0. The van der Waals surface area contributed by atoms with Crippen molar-refractivity contribution < 1.29 is 14.4 Å². The topological polar surface area (TPSA) is 102 Å². The molecule has 3 N–H and O–H groups in total. The number of carbonyl (C=O) groups excluding carboxylic acids is 1. The normalized spacial score (nSPS) is 12.7. The van der Waals surface area contributed by atoms with Gasteiger partial charge in [-0.3, -0.25) is 9.79 Å². The van der Waals surface area contributed by atoms with Crippen LogP contribution in [-0.4, -0.2) is 21.9 Å². The number of nitrogens with zero attached hydrogens (tertiary/aromatic N) is 2. The van der Waals surface area contributed by atoms with Gasteiger partial charge in [0.25, 0.3) is 0 Å². The summed E-state index contributed by atoms with van der Waals surface area (Å²) in [5.74, 6) is 0.466. The Morgan fingerprint density at radius 2 is 1.69 bits per heavy atom. The molecule has 0 spiro atoms. The number of primary amides is 1. The zero-order chi connectivity index (χ0) is 21.2. The van der Waals surface area contributed by atoms with Gasteiger partial charge in [0.05, 0.1) is 22.6 Å². The summed E-state index contributed by atoms with van der Waals surface area (Å²) in [5.41, 5.74) is 10.6. The molecule has 0 bridgehead atoms. The van der Waals surface area contributed by atoms with Crippen LogP contribution < -0.4 is 5.73 Å². The van der Waals surface area contributed by atoms with E-state index in [1.54, 1.807) is 13.8 Å². The Hall–Kier alpha value is -3.25. The van der Waals surface area contributed by atoms with E-state index in [1.165, 1.54) is 6.92 Å². The van der Waals surface area contributed by atoms with Gasteiger partial charge in [-0.25, -0.2) is 0 Å². The average Bonchev–Trinajstić information content (AvgIpc) is 2.93. The fourth-order valence-corrected chi connectivity index (χ4v) is 3.30. The first-order chi connectivity index (χ1) is 13.7. The highest BCUT2D eigenvalue weighted by Gasteiger charge is 2.24. The van der Waals surface area contributed by atoms with E-state index in [-0.39, 0.29) is 5.91 Å². The molecule has 0 unspecified atom stereocenters. The fraction of sp³-hybridized carbons (Fsp3) is 0.261. The number of aliphatic hydroxyl groups is 1. The van der Waals surface area contributed by atoms with Crippen LogP contribution in [0.15, 0.2) is 58.0 Å². The molecule has 0 radical (unpaired) electrons. The van der Waals surface area contributed by atoms with Crippen molar-refractivity contribution in [3.05, 3.63) is 76.7 Å². The zero-order valence-corrected chi connectivity index (χ0v) is 17.1. The van der Waals surface area contributed by atoms with E-state index in [0.717, 1.165) is 45.0 Å². The number of fused-ring (bicyclic) bond motifs is 3. The van der Waals surface area contributed by atoms with E-state index in [2.05, 4.69) is 23.0 Å². The number of carbonyl (C=O) groups is 1. The van der Waals surface area contributed by atoms with Gasteiger partial charge in [-0.1, -0.05) is 53.7 Å². The summed E-state index contributed by atoms with van der Waals surface area (Å²) in [6.45, 7) is 7.30. The van der Waals surface area contributed by atoms with Crippen LogP contribution in [0.25, 0.3) is 11.1 Å². The van der Waals surface area contributed by atoms with E-state index in [4.69, 9.17) is 9.52 Å². The monoisotopic (exact) mass is 391 g/mol. The maximum atomic E-state index is 10.2. The lowest BCUT2D eigenvalue weighted by molar-refractivity contribution is -0.115. The second-order valence-electron chi connectivity index (χ2n) is 7.52. The molecule has 4 rings (SSSR count). The van der Waals surface area contributed by atoms with Crippen molar-refractivity contribution in [2.75, 3.05) is 0 Å². The molecule has 0 atom stereocenters. The van der Waals surface area contributed by atoms with Crippen LogP contribution >= 0.6 is 0 Å². The second kappa shape index (κ2) is 8.01. The standard InChI is InChI=1S/C21H20N2O2.C2H5NO/c1-13-19-16-6-4-5-7-17(16)20(22-12-18(19)25-23-13)14-8-10-15(11-9-14)21(2,3)24;1-2(3)4/h4-11,24H,12H2,1-3H3;1H3,(H2,3,4). The second-order valence-corrected chi connectivity index (χ2v) is 7.52. The Labute approximate surface area is 170 Å². The summed E-state index contributed by atoms with van der Waals surface area (Å²) in [6, 6.07) is 16.2. The van der Waals surface area contributed by atoms with Crippen molar-refractivity contribution in [3.63, 3.8) is 0 Å². The van der Waals surface area contributed by atoms with E-state index < -0.39 is 5.60 Å². The average molecular weight is 391 g/mol. The SMILES string of the molecule is CC(N)=O.Cc1noc2c1-c1ccccc1C(c1ccc(C(C)(C)O)cc1)=NC2. The van der Waals surface area contributed by atoms with Gasteiger partial charge in [-0.15, -0.1) is 0 Å². The first-order valence-corrected chi connectivity index (χ1v) is 9.37. The number of hydrogen-bond acceptors (Lipinski definition) is 5. The molecule has 150 valence electrons. The number of benzene rings is 2. The lowest BCUT2D eigenvalue weighted by atomic mass is 9.91. The molecule has 3 aromatic rings. The number of aliphatic imine (C=N–C) groups is 1. The zero-order valence-electron chi connectivity index (χ0n) is 17.1. The molecule has 6 nitrogen and oxygen atoms in total. The Bertz CT molecular complexity index is 1050. The van der Waals surface area contributed by atoms with E-state index >= 15 is 0 Å². The van der Waals surface area contributed by atoms with Crippen LogP contribution in [0.2, 0.25) is 0 Å². The Kier molecular flexibility index (Phi) is 5.66. The lowest BCUT2D eigenvalue weighted by Crippen LogP contribution is -2.15. The van der Waals surface area contributed by atoms with Crippen LogP contribution in [0.4, 0.5) is 0 Å². The smallest absolute Gasteiger partial charge is 0.214 e. The van der Waals surface area contributed by atoms with Crippen molar-refractivity contribution in [3.8, 4) is 11.1 Å². The predicted octanol–water partition coefficient (Wildman–Crippen LogP) is 3.72. The maximum absolute atomic E-state index is 10.2. The first-order valence-electron chi connectivity index (χ1n) is 9.37. The van der Waals surface area contributed by atoms with Gasteiger partial charge in [0.1, 0.15) is 6.54 Å². The van der Waals surface area contributed by atoms with Crippen molar-refractivity contribution in [1.82, 2.24) is 5.16 Å². The van der Waals surface area contributed by atoms with E-state index in [9.17, 15) is 9.90 Å². The van der Waals surface area contributed by atoms with Gasteiger partial charge < -0.3 is 15.4 Å². The third-order valence-electron chi connectivity index (χ3n) is 4.63. The van der Waals surface area contributed by atoms with Crippen LogP contribution in [-0.2, 0) is 16.9 Å². The highest BCUT2D eigenvalue weighted by atomic mass is 16.5. The van der Waals surface area contributed by atoms with Crippen molar-refractivity contribution in [2.24, 2.45) is 10.7 Å². The number of rotatable bonds is 2. The summed E-state index contributed by atoms with van der Waals surface area (Å²) in [5, 5.41) is 14.3. The molecule has 0 saturated heterocycles. The molecular weight excluding hydrogens is 366 g/mol. The Balaban J connectivity index is 0.000000552. The highest BCUT2D eigenvalue weighted by Crippen LogP contribution is 2.35. The van der Waals surface area contributed by atoms with Crippen molar-refractivity contribution in [2.45, 2.75) is 39.8 Å². The molecule has 0 fully saturated rings. The number of aryl methyl sites for hydroxylation is 1. The molecule has 1 amide bonds. The van der Waals surface area contributed by atoms with Crippen LogP contribution in [0.5, 0.6) is 0 Å². The Morgan fingerprint density at radius 3 is 2.28 bits per heavy atom. The minimum Gasteiger partial charge on any atom is -0.386 e. The summed E-state index contributed by atoms with van der Waals surface area (Å²) < 4.78 is 5.48. The van der Waals surface area contributed by atoms with Gasteiger partial charge in [-0.2, -0.15) is 0 Å². The maximum Gasteiger partial charge on any atom is 0.214 e. The van der Waals surface area contributed by atoms with Crippen LogP contribution in [0, 0.1) is 6.92 Å². The van der Waals surface area contributed by atoms with Gasteiger partial charge in [0, 0.05) is 18.1 Å². The molecule has 6 heteroatoms.